The second kappa shape index (κ2) is 19.2. The first-order valence-corrected chi connectivity index (χ1v) is 16.4. The summed E-state index contributed by atoms with van der Waals surface area (Å²) in [5.41, 5.74) is 3.52. The molecule has 0 saturated carbocycles. The molecule has 0 fully saturated rings. The fourth-order valence-corrected chi connectivity index (χ4v) is 4.94. The van der Waals surface area contributed by atoms with Gasteiger partial charge in [-0.3, -0.25) is 14.4 Å². The summed E-state index contributed by atoms with van der Waals surface area (Å²) >= 11 is 0. The van der Waals surface area contributed by atoms with Crippen LogP contribution in [0.3, 0.4) is 0 Å². The second-order valence-corrected chi connectivity index (χ2v) is 12.1. The highest BCUT2D eigenvalue weighted by atomic mass is 16.6. The van der Waals surface area contributed by atoms with Crippen molar-refractivity contribution in [1.29, 1.82) is 0 Å². The summed E-state index contributed by atoms with van der Waals surface area (Å²) in [6.07, 6.45) is -4.12. The first-order valence-electron chi connectivity index (χ1n) is 16.4. The number of rotatable bonds is 17. The van der Waals surface area contributed by atoms with Gasteiger partial charge in [-0.25, -0.2) is 4.79 Å². The highest BCUT2D eigenvalue weighted by Crippen LogP contribution is 2.21. The Hall–Kier alpha value is -4.74. The molecule has 4 amide bonds. The highest BCUT2D eigenvalue weighted by Gasteiger charge is 2.36. The van der Waals surface area contributed by atoms with Crippen molar-refractivity contribution in [3.8, 4) is 11.1 Å². The summed E-state index contributed by atoms with van der Waals surface area (Å²) < 4.78 is 5.49. The number of hydrogen-bond donors (Lipinski definition) is 6. The Bertz CT molecular complexity index is 1450. The third-order valence-electron chi connectivity index (χ3n) is 7.81. The maximum absolute atomic E-state index is 13.6. The molecule has 0 aromatic heterocycles. The lowest BCUT2D eigenvalue weighted by molar-refractivity contribution is -0.142. The van der Waals surface area contributed by atoms with Crippen LogP contribution in [0.5, 0.6) is 0 Å². The van der Waals surface area contributed by atoms with Crippen LogP contribution >= 0.6 is 0 Å². The molecule has 0 aliphatic heterocycles. The van der Waals surface area contributed by atoms with Gasteiger partial charge in [0.25, 0.3) is 11.8 Å². The van der Waals surface area contributed by atoms with Crippen molar-refractivity contribution in [2.75, 3.05) is 6.54 Å². The lowest BCUT2D eigenvalue weighted by atomic mass is 9.95. The Labute approximate surface area is 282 Å². The summed E-state index contributed by atoms with van der Waals surface area (Å²) in [6.45, 7) is 7.51. The number of alkyl carbamates (subject to hydrolysis) is 1. The largest absolute Gasteiger partial charge is 0.436 e. The SMILES string of the molecule is CCCCNC(=O)C(C)NC(=O)C(O)C(O)C(Cc1ccc(-c2ccccc2)cc1)NC(=O)C(OC(=O)NCc1ccccc1)C(C)C. The van der Waals surface area contributed by atoms with Crippen LogP contribution in [0.25, 0.3) is 11.1 Å². The average molecular weight is 661 g/mol. The molecule has 0 saturated heterocycles. The number of ether oxygens (including phenoxy) is 1. The van der Waals surface area contributed by atoms with E-state index in [9.17, 15) is 29.4 Å². The van der Waals surface area contributed by atoms with E-state index in [-0.39, 0.29) is 13.0 Å². The standard InChI is InChI=1S/C37H48N4O7/c1-5-6-21-38-34(44)25(4)40-35(45)32(43)31(42)30(22-26-17-19-29(20-18-26)28-15-11-8-12-16-28)41-36(46)33(24(2)3)48-37(47)39-23-27-13-9-7-10-14-27/h7-20,24-25,30-33,42-43H,5-6,21-23H2,1-4H3,(H,38,44)(H,39,47)(H,40,45)(H,41,46). The molecule has 0 spiro atoms. The number of unbranched alkanes of at least 4 members (excludes halogenated alkanes) is 1. The van der Waals surface area contributed by atoms with Crippen LogP contribution in [0.4, 0.5) is 4.79 Å². The molecule has 0 bridgehead atoms. The van der Waals surface area contributed by atoms with Gasteiger partial charge in [0.15, 0.2) is 12.2 Å². The molecule has 3 aromatic rings. The van der Waals surface area contributed by atoms with Crippen LogP contribution < -0.4 is 21.3 Å². The lowest BCUT2D eigenvalue weighted by Gasteiger charge is -2.30. The van der Waals surface area contributed by atoms with E-state index in [1.165, 1.54) is 6.92 Å². The van der Waals surface area contributed by atoms with Gasteiger partial charge >= 0.3 is 6.09 Å². The Morgan fingerprint density at radius 2 is 1.31 bits per heavy atom. The van der Waals surface area contributed by atoms with Gasteiger partial charge in [0, 0.05) is 13.1 Å². The van der Waals surface area contributed by atoms with Gasteiger partial charge in [0.05, 0.1) is 6.04 Å². The molecule has 0 radical (unpaired) electrons. The normalized spacial score (nSPS) is 14.1. The predicted molar refractivity (Wildman–Crippen MR) is 183 cm³/mol. The number of carbonyl (C=O) groups is 4. The molecule has 11 heteroatoms. The van der Waals surface area contributed by atoms with Gasteiger partial charge in [-0.05, 0) is 47.9 Å². The lowest BCUT2D eigenvalue weighted by Crippen LogP contribution is -2.58. The van der Waals surface area contributed by atoms with E-state index < -0.39 is 60.1 Å². The minimum absolute atomic E-state index is 0.0321. The molecule has 5 unspecified atom stereocenters. The number of benzene rings is 3. The van der Waals surface area contributed by atoms with Gasteiger partial charge in [-0.1, -0.05) is 112 Å². The van der Waals surface area contributed by atoms with Crippen LogP contribution in [-0.2, 0) is 32.1 Å². The Morgan fingerprint density at radius 1 is 0.708 bits per heavy atom. The van der Waals surface area contributed by atoms with Crippen molar-refractivity contribution >= 4 is 23.8 Å². The number of hydrogen-bond acceptors (Lipinski definition) is 7. The summed E-state index contributed by atoms with van der Waals surface area (Å²) in [7, 11) is 0. The molecule has 0 aliphatic rings. The summed E-state index contributed by atoms with van der Waals surface area (Å²) in [4.78, 5) is 51.5. The number of aliphatic hydroxyl groups excluding tert-OH is 2. The molecule has 3 rings (SSSR count). The maximum Gasteiger partial charge on any atom is 0.408 e. The highest BCUT2D eigenvalue weighted by molar-refractivity contribution is 5.89. The Kier molecular flexibility index (Phi) is 15.1. The van der Waals surface area contributed by atoms with Crippen molar-refractivity contribution in [1.82, 2.24) is 21.3 Å². The van der Waals surface area contributed by atoms with E-state index in [4.69, 9.17) is 4.74 Å². The molecule has 258 valence electrons. The first kappa shape index (κ1) is 37.7. The molecule has 0 aliphatic carbocycles. The topological polar surface area (TPSA) is 166 Å². The summed E-state index contributed by atoms with van der Waals surface area (Å²) in [5, 5.41) is 32.7. The number of amides is 4. The number of carbonyl (C=O) groups excluding carboxylic acids is 4. The van der Waals surface area contributed by atoms with Crippen molar-refractivity contribution in [2.24, 2.45) is 5.92 Å². The summed E-state index contributed by atoms with van der Waals surface area (Å²) in [5.74, 6) is -2.56. The van der Waals surface area contributed by atoms with Crippen LogP contribution in [0, 0.1) is 5.92 Å². The molecule has 0 heterocycles. The molecule has 48 heavy (non-hydrogen) atoms. The fraction of sp³-hybridized carbons (Fsp3) is 0.405. The van der Waals surface area contributed by atoms with E-state index in [0.717, 1.165) is 29.5 Å². The first-order chi connectivity index (χ1) is 23.0. The van der Waals surface area contributed by atoms with Gasteiger partial charge < -0.3 is 36.2 Å². The molecule has 11 nitrogen and oxygen atoms in total. The van der Waals surface area contributed by atoms with Gasteiger partial charge in [0.2, 0.25) is 5.91 Å². The zero-order valence-corrected chi connectivity index (χ0v) is 28.0. The van der Waals surface area contributed by atoms with E-state index in [0.29, 0.717) is 12.1 Å². The zero-order valence-electron chi connectivity index (χ0n) is 28.0. The minimum atomic E-state index is -1.99. The number of aliphatic hydroxyl groups is 2. The summed E-state index contributed by atoms with van der Waals surface area (Å²) in [6, 6.07) is 24.3. The Morgan fingerprint density at radius 3 is 1.92 bits per heavy atom. The average Bonchev–Trinajstić information content (AvgIpc) is 3.09. The third kappa shape index (κ3) is 11.8. The fourth-order valence-electron chi connectivity index (χ4n) is 4.94. The van der Waals surface area contributed by atoms with Crippen LogP contribution in [0.1, 0.15) is 51.7 Å². The molecule has 3 aromatic carbocycles. The van der Waals surface area contributed by atoms with E-state index in [1.54, 1.807) is 13.8 Å². The quantitative estimate of drug-likeness (QED) is 0.121. The van der Waals surface area contributed by atoms with E-state index >= 15 is 0 Å². The van der Waals surface area contributed by atoms with Crippen LogP contribution in [-0.4, -0.2) is 71.0 Å². The van der Waals surface area contributed by atoms with Crippen molar-refractivity contribution in [3.05, 3.63) is 96.1 Å². The van der Waals surface area contributed by atoms with Crippen molar-refractivity contribution in [3.63, 3.8) is 0 Å². The molecular formula is C37H48N4O7. The van der Waals surface area contributed by atoms with Crippen molar-refractivity contribution < 1.29 is 34.1 Å². The van der Waals surface area contributed by atoms with Crippen molar-refractivity contribution in [2.45, 2.75) is 83.9 Å². The van der Waals surface area contributed by atoms with Gasteiger partial charge in [-0.2, -0.15) is 0 Å². The smallest absolute Gasteiger partial charge is 0.408 e. The Balaban J connectivity index is 1.76. The number of nitrogens with one attached hydrogen (secondary N) is 4. The van der Waals surface area contributed by atoms with Gasteiger partial charge in [-0.15, -0.1) is 0 Å². The second-order valence-electron chi connectivity index (χ2n) is 12.1. The monoisotopic (exact) mass is 660 g/mol. The zero-order chi connectivity index (χ0) is 35.1. The minimum Gasteiger partial charge on any atom is -0.436 e. The molecule has 6 N–H and O–H groups in total. The van der Waals surface area contributed by atoms with Crippen LogP contribution in [0.15, 0.2) is 84.9 Å². The predicted octanol–water partition coefficient (Wildman–Crippen LogP) is 3.47. The van der Waals surface area contributed by atoms with E-state index in [1.807, 2.05) is 91.9 Å². The van der Waals surface area contributed by atoms with Gasteiger partial charge in [0.1, 0.15) is 12.1 Å². The van der Waals surface area contributed by atoms with Crippen LogP contribution in [0.2, 0.25) is 0 Å². The maximum atomic E-state index is 13.6. The molecular weight excluding hydrogens is 612 g/mol. The van der Waals surface area contributed by atoms with E-state index in [2.05, 4.69) is 21.3 Å². The third-order valence-corrected chi connectivity index (χ3v) is 7.81. The molecule has 5 atom stereocenters.